The molecule has 0 amide bonds. The maximum Gasteiger partial charge on any atom is 0.337 e. The fraction of sp³-hybridized carbons (Fsp3) is 0.357. The number of esters is 1. The van der Waals surface area contributed by atoms with Crippen LogP contribution in [-0.2, 0) is 4.74 Å². The Hall–Kier alpha value is -1.61. The molecule has 0 aliphatic rings. The molecule has 1 atom stereocenters. The molecular weight excluding hydrogens is 214 g/mol. The summed E-state index contributed by atoms with van der Waals surface area (Å²) in [5, 5.41) is 3.29. The number of rotatable bonds is 5. The molecule has 0 bridgehead atoms. The van der Waals surface area contributed by atoms with Gasteiger partial charge in [-0.05, 0) is 31.2 Å². The fourth-order valence-corrected chi connectivity index (χ4v) is 1.49. The third-order valence-electron chi connectivity index (χ3n) is 2.44. The van der Waals surface area contributed by atoms with Crippen LogP contribution in [0.2, 0.25) is 0 Å². The standard InChI is InChI=1S/C14H19NO2/c1-4-15-11(2)5-6-12-7-9-13(10-8-12)14(16)17-3/h5-11,15H,4H2,1-3H3/b6-5+. The van der Waals surface area contributed by atoms with Gasteiger partial charge in [-0.15, -0.1) is 0 Å². The van der Waals surface area contributed by atoms with Gasteiger partial charge < -0.3 is 10.1 Å². The molecule has 0 heterocycles. The van der Waals surface area contributed by atoms with Crippen molar-refractivity contribution < 1.29 is 9.53 Å². The average molecular weight is 233 g/mol. The lowest BCUT2D eigenvalue weighted by atomic mass is 10.1. The van der Waals surface area contributed by atoms with Crippen LogP contribution in [0.3, 0.4) is 0 Å². The van der Waals surface area contributed by atoms with Gasteiger partial charge in [0.25, 0.3) is 0 Å². The van der Waals surface area contributed by atoms with Crippen LogP contribution >= 0.6 is 0 Å². The number of likely N-dealkylation sites (N-methyl/N-ethyl adjacent to an activating group) is 1. The number of methoxy groups -OCH3 is 1. The van der Waals surface area contributed by atoms with E-state index in [2.05, 4.69) is 30.0 Å². The van der Waals surface area contributed by atoms with Crippen LogP contribution in [0.5, 0.6) is 0 Å². The largest absolute Gasteiger partial charge is 0.465 e. The molecule has 1 N–H and O–H groups in total. The minimum Gasteiger partial charge on any atom is -0.465 e. The first-order valence-corrected chi connectivity index (χ1v) is 5.77. The van der Waals surface area contributed by atoms with E-state index in [4.69, 9.17) is 0 Å². The van der Waals surface area contributed by atoms with Crippen LogP contribution < -0.4 is 5.32 Å². The van der Waals surface area contributed by atoms with E-state index < -0.39 is 0 Å². The SMILES string of the molecule is CCNC(C)/C=C/c1ccc(C(=O)OC)cc1. The van der Waals surface area contributed by atoms with E-state index in [0.717, 1.165) is 12.1 Å². The number of nitrogens with one attached hydrogen (secondary N) is 1. The number of benzene rings is 1. The highest BCUT2D eigenvalue weighted by atomic mass is 16.5. The molecule has 92 valence electrons. The van der Waals surface area contributed by atoms with E-state index in [9.17, 15) is 4.79 Å². The number of carbonyl (C=O) groups is 1. The highest BCUT2D eigenvalue weighted by molar-refractivity contribution is 5.89. The van der Waals surface area contributed by atoms with E-state index in [-0.39, 0.29) is 5.97 Å². The van der Waals surface area contributed by atoms with Gasteiger partial charge in [-0.3, -0.25) is 0 Å². The summed E-state index contributed by atoms with van der Waals surface area (Å²) in [5.74, 6) is -0.304. The number of ether oxygens (including phenoxy) is 1. The third-order valence-corrected chi connectivity index (χ3v) is 2.44. The topological polar surface area (TPSA) is 38.3 Å². The quantitative estimate of drug-likeness (QED) is 0.794. The van der Waals surface area contributed by atoms with E-state index in [1.54, 1.807) is 12.1 Å². The number of hydrogen-bond acceptors (Lipinski definition) is 3. The van der Waals surface area contributed by atoms with E-state index in [1.807, 2.05) is 18.2 Å². The molecule has 1 unspecified atom stereocenters. The molecule has 0 saturated carbocycles. The molecule has 0 fully saturated rings. The molecule has 1 aromatic carbocycles. The molecule has 17 heavy (non-hydrogen) atoms. The van der Waals surface area contributed by atoms with Crippen molar-refractivity contribution in [2.24, 2.45) is 0 Å². The first-order valence-electron chi connectivity index (χ1n) is 5.77. The molecule has 3 nitrogen and oxygen atoms in total. The van der Waals surface area contributed by atoms with E-state index >= 15 is 0 Å². The molecule has 0 aliphatic carbocycles. The second-order valence-electron chi connectivity index (χ2n) is 3.82. The third kappa shape index (κ3) is 4.41. The van der Waals surface area contributed by atoms with Crippen molar-refractivity contribution in [2.75, 3.05) is 13.7 Å². The summed E-state index contributed by atoms with van der Waals surface area (Å²) in [6, 6.07) is 7.69. The minimum atomic E-state index is -0.304. The molecule has 0 spiro atoms. The van der Waals surface area contributed by atoms with Crippen molar-refractivity contribution in [1.29, 1.82) is 0 Å². The maximum absolute atomic E-state index is 11.2. The van der Waals surface area contributed by atoms with Crippen molar-refractivity contribution in [2.45, 2.75) is 19.9 Å². The van der Waals surface area contributed by atoms with Crippen LogP contribution in [0.1, 0.15) is 29.8 Å². The zero-order valence-electron chi connectivity index (χ0n) is 10.6. The highest BCUT2D eigenvalue weighted by Gasteiger charge is 2.03. The van der Waals surface area contributed by atoms with Crippen LogP contribution in [0.4, 0.5) is 0 Å². The summed E-state index contributed by atoms with van der Waals surface area (Å²) in [6.45, 7) is 5.13. The van der Waals surface area contributed by atoms with Crippen molar-refractivity contribution in [1.82, 2.24) is 5.32 Å². The summed E-state index contributed by atoms with van der Waals surface area (Å²) in [6.07, 6.45) is 4.13. The normalized spacial score (nSPS) is 12.6. The lowest BCUT2D eigenvalue weighted by molar-refractivity contribution is 0.0601. The van der Waals surface area contributed by atoms with Crippen molar-refractivity contribution in [3.8, 4) is 0 Å². The van der Waals surface area contributed by atoms with Gasteiger partial charge in [-0.1, -0.05) is 31.2 Å². The summed E-state index contributed by atoms with van der Waals surface area (Å²) >= 11 is 0. The fourth-order valence-electron chi connectivity index (χ4n) is 1.49. The molecule has 0 radical (unpaired) electrons. The Kier molecular flexibility index (Phi) is 5.43. The first-order chi connectivity index (χ1) is 8.17. The van der Waals surface area contributed by atoms with Crippen LogP contribution in [0.15, 0.2) is 30.3 Å². The summed E-state index contributed by atoms with van der Waals surface area (Å²) in [7, 11) is 1.38. The van der Waals surface area contributed by atoms with Crippen molar-refractivity contribution in [3.63, 3.8) is 0 Å². The number of carbonyl (C=O) groups excluding carboxylic acids is 1. The van der Waals surface area contributed by atoms with Gasteiger partial charge in [-0.2, -0.15) is 0 Å². The van der Waals surface area contributed by atoms with E-state index in [0.29, 0.717) is 11.6 Å². The highest BCUT2D eigenvalue weighted by Crippen LogP contribution is 2.07. The Bertz CT molecular complexity index is 382. The Morgan fingerprint density at radius 2 is 2.06 bits per heavy atom. The Balaban J connectivity index is 2.65. The van der Waals surface area contributed by atoms with Gasteiger partial charge in [-0.25, -0.2) is 4.79 Å². The van der Waals surface area contributed by atoms with Gasteiger partial charge in [0.05, 0.1) is 12.7 Å². The van der Waals surface area contributed by atoms with Gasteiger partial charge in [0, 0.05) is 6.04 Å². The Labute approximate surface area is 102 Å². The summed E-state index contributed by atoms with van der Waals surface area (Å²) in [5.41, 5.74) is 1.65. The molecule has 0 aromatic heterocycles. The van der Waals surface area contributed by atoms with E-state index in [1.165, 1.54) is 7.11 Å². The monoisotopic (exact) mass is 233 g/mol. The lowest BCUT2D eigenvalue weighted by Gasteiger charge is -2.05. The van der Waals surface area contributed by atoms with Crippen molar-refractivity contribution >= 4 is 12.0 Å². The smallest absolute Gasteiger partial charge is 0.337 e. The first kappa shape index (κ1) is 13.5. The number of hydrogen-bond donors (Lipinski definition) is 1. The summed E-state index contributed by atoms with van der Waals surface area (Å²) < 4.78 is 4.64. The second kappa shape index (κ2) is 6.86. The minimum absolute atomic E-state index is 0.304. The molecule has 1 aromatic rings. The van der Waals surface area contributed by atoms with Crippen molar-refractivity contribution in [3.05, 3.63) is 41.5 Å². The lowest BCUT2D eigenvalue weighted by Crippen LogP contribution is -2.22. The van der Waals surface area contributed by atoms with Crippen LogP contribution in [0, 0.1) is 0 Å². The van der Waals surface area contributed by atoms with Crippen LogP contribution in [-0.4, -0.2) is 25.7 Å². The predicted octanol–water partition coefficient (Wildman–Crippen LogP) is 2.48. The van der Waals surface area contributed by atoms with Gasteiger partial charge >= 0.3 is 5.97 Å². The molecular formula is C14H19NO2. The molecule has 0 saturated heterocycles. The van der Waals surface area contributed by atoms with Crippen LogP contribution in [0.25, 0.3) is 6.08 Å². The summed E-state index contributed by atoms with van der Waals surface area (Å²) in [4.78, 5) is 11.2. The molecule has 3 heteroatoms. The molecule has 0 aliphatic heterocycles. The second-order valence-corrected chi connectivity index (χ2v) is 3.82. The van der Waals surface area contributed by atoms with Gasteiger partial charge in [0.15, 0.2) is 0 Å². The maximum atomic E-state index is 11.2. The Morgan fingerprint density at radius 3 is 2.59 bits per heavy atom. The predicted molar refractivity (Wildman–Crippen MR) is 70.0 cm³/mol. The zero-order chi connectivity index (χ0) is 12.7. The Morgan fingerprint density at radius 1 is 1.41 bits per heavy atom. The average Bonchev–Trinajstić information content (AvgIpc) is 2.36. The zero-order valence-corrected chi connectivity index (χ0v) is 10.6. The molecule has 1 rings (SSSR count). The van der Waals surface area contributed by atoms with Gasteiger partial charge in [0.2, 0.25) is 0 Å². The van der Waals surface area contributed by atoms with Gasteiger partial charge in [0.1, 0.15) is 0 Å².